The predicted molar refractivity (Wildman–Crippen MR) is 176 cm³/mol. The van der Waals surface area contributed by atoms with E-state index >= 15 is 0 Å². The zero-order valence-corrected chi connectivity index (χ0v) is 25.5. The SMILES string of the molecule is CCCC(C)COc1ccc(COC(=O)Cc2cccc(OC(c3ccccc3)(c3ccccc3)c3ccccc3)c2)cc1. The van der Waals surface area contributed by atoms with Gasteiger partial charge in [-0.1, -0.05) is 136 Å². The summed E-state index contributed by atoms with van der Waals surface area (Å²) in [6.07, 6.45) is 2.45. The van der Waals surface area contributed by atoms with Gasteiger partial charge < -0.3 is 14.2 Å². The predicted octanol–water partition coefficient (Wildman–Crippen LogP) is 9.16. The number of benzene rings is 5. The van der Waals surface area contributed by atoms with Crippen LogP contribution in [0.25, 0.3) is 0 Å². The van der Waals surface area contributed by atoms with Crippen LogP contribution >= 0.6 is 0 Å². The maximum Gasteiger partial charge on any atom is 0.310 e. The molecule has 0 aromatic heterocycles. The van der Waals surface area contributed by atoms with Gasteiger partial charge in [-0.25, -0.2) is 0 Å². The Morgan fingerprint density at radius 3 is 1.77 bits per heavy atom. The number of ether oxygens (including phenoxy) is 3. The van der Waals surface area contributed by atoms with Gasteiger partial charge in [0.05, 0.1) is 13.0 Å². The van der Waals surface area contributed by atoms with Crippen LogP contribution in [0.4, 0.5) is 0 Å². The third-order valence-corrected chi connectivity index (χ3v) is 7.70. The van der Waals surface area contributed by atoms with E-state index in [2.05, 4.69) is 50.2 Å². The van der Waals surface area contributed by atoms with E-state index in [0.29, 0.717) is 18.3 Å². The standard InChI is InChI=1S/C40H40O4/c1-3-14-31(2)29-42-37-25-23-32(24-26-37)30-43-39(41)28-33-15-13-22-38(27-33)44-40(34-16-7-4-8-17-34,35-18-9-5-10-19-35)36-20-11-6-12-21-36/h4-13,15-27,31H,3,14,28-30H2,1-2H3. The lowest BCUT2D eigenvalue weighted by Crippen LogP contribution is -2.36. The van der Waals surface area contributed by atoms with Gasteiger partial charge in [-0.15, -0.1) is 0 Å². The lowest BCUT2D eigenvalue weighted by atomic mass is 9.80. The lowest BCUT2D eigenvalue weighted by molar-refractivity contribution is -0.144. The fourth-order valence-electron chi connectivity index (χ4n) is 5.47. The first kappa shape index (κ1) is 30.6. The summed E-state index contributed by atoms with van der Waals surface area (Å²) in [4.78, 5) is 12.9. The van der Waals surface area contributed by atoms with Crippen molar-refractivity contribution in [1.82, 2.24) is 0 Å². The number of carbonyl (C=O) groups is 1. The Kier molecular flexibility index (Phi) is 10.5. The van der Waals surface area contributed by atoms with E-state index in [1.54, 1.807) is 0 Å². The van der Waals surface area contributed by atoms with E-state index in [1.807, 2.05) is 103 Å². The molecule has 0 aliphatic carbocycles. The van der Waals surface area contributed by atoms with Gasteiger partial charge in [0.1, 0.15) is 18.1 Å². The van der Waals surface area contributed by atoms with Crippen LogP contribution in [0.1, 0.15) is 54.5 Å². The molecule has 1 unspecified atom stereocenters. The van der Waals surface area contributed by atoms with Crippen molar-refractivity contribution in [3.8, 4) is 11.5 Å². The van der Waals surface area contributed by atoms with Crippen LogP contribution < -0.4 is 9.47 Å². The second-order valence-corrected chi connectivity index (χ2v) is 11.2. The van der Waals surface area contributed by atoms with Crippen molar-refractivity contribution in [2.24, 2.45) is 5.92 Å². The second-order valence-electron chi connectivity index (χ2n) is 11.2. The normalized spacial score (nSPS) is 11.9. The Morgan fingerprint density at radius 1 is 0.659 bits per heavy atom. The molecule has 5 aromatic rings. The third-order valence-electron chi connectivity index (χ3n) is 7.70. The Hall–Kier alpha value is -4.83. The Labute approximate surface area is 261 Å². The largest absolute Gasteiger partial charge is 0.493 e. The molecule has 0 bridgehead atoms. The molecule has 4 nitrogen and oxygen atoms in total. The minimum atomic E-state index is -0.896. The first-order valence-electron chi connectivity index (χ1n) is 15.4. The van der Waals surface area contributed by atoms with Gasteiger partial charge in [0.25, 0.3) is 0 Å². The highest BCUT2D eigenvalue weighted by atomic mass is 16.5. The molecule has 0 spiro atoms. The maximum absolute atomic E-state index is 12.9. The highest BCUT2D eigenvalue weighted by molar-refractivity contribution is 5.72. The van der Waals surface area contributed by atoms with Crippen LogP contribution in [0.5, 0.6) is 11.5 Å². The van der Waals surface area contributed by atoms with Crippen molar-refractivity contribution in [2.45, 2.75) is 45.3 Å². The molecule has 5 aromatic carbocycles. The van der Waals surface area contributed by atoms with E-state index in [-0.39, 0.29) is 19.0 Å². The van der Waals surface area contributed by atoms with Crippen LogP contribution in [0.15, 0.2) is 140 Å². The van der Waals surface area contributed by atoms with Gasteiger partial charge in [-0.05, 0) is 47.7 Å². The Morgan fingerprint density at radius 2 is 1.23 bits per heavy atom. The van der Waals surface area contributed by atoms with Crippen molar-refractivity contribution in [2.75, 3.05) is 6.61 Å². The smallest absolute Gasteiger partial charge is 0.310 e. The number of rotatable bonds is 14. The summed E-state index contributed by atoms with van der Waals surface area (Å²) in [5.41, 5.74) is 3.87. The summed E-state index contributed by atoms with van der Waals surface area (Å²) in [5.74, 6) is 1.72. The fraction of sp³-hybridized carbons (Fsp3) is 0.225. The molecule has 4 heteroatoms. The number of esters is 1. The molecule has 5 rings (SSSR count). The molecule has 44 heavy (non-hydrogen) atoms. The first-order valence-corrected chi connectivity index (χ1v) is 15.4. The summed E-state index contributed by atoms with van der Waals surface area (Å²) >= 11 is 0. The Balaban J connectivity index is 1.30. The first-order chi connectivity index (χ1) is 21.6. The van der Waals surface area contributed by atoms with Crippen molar-refractivity contribution in [3.63, 3.8) is 0 Å². The molecule has 1 atom stereocenters. The fourth-order valence-corrected chi connectivity index (χ4v) is 5.47. The van der Waals surface area contributed by atoms with Crippen LogP contribution in [0.2, 0.25) is 0 Å². The van der Waals surface area contributed by atoms with Crippen LogP contribution in [-0.2, 0) is 28.2 Å². The lowest BCUT2D eigenvalue weighted by Gasteiger charge is -2.36. The van der Waals surface area contributed by atoms with E-state index in [1.165, 1.54) is 0 Å². The molecule has 0 aliphatic rings. The molecule has 0 N–H and O–H groups in total. The van der Waals surface area contributed by atoms with E-state index in [4.69, 9.17) is 14.2 Å². The summed E-state index contributed by atoms with van der Waals surface area (Å²) in [7, 11) is 0. The molecule has 224 valence electrons. The van der Waals surface area contributed by atoms with E-state index in [0.717, 1.165) is 46.4 Å². The number of hydrogen-bond donors (Lipinski definition) is 0. The van der Waals surface area contributed by atoms with Gasteiger partial charge >= 0.3 is 5.97 Å². The zero-order valence-electron chi connectivity index (χ0n) is 25.5. The van der Waals surface area contributed by atoms with E-state index < -0.39 is 5.60 Å². The van der Waals surface area contributed by atoms with Gasteiger partial charge in [-0.2, -0.15) is 0 Å². The molecule has 0 saturated heterocycles. The number of carbonyl (C=O) groups excluding carboxylic acids is 1. The summed E-state index contributed by atoms with van der Waals surface area (Å²) < 4.78 is 18.5. The zero-order chi connectivity index (χ0) is 30.6. The maximum atomic E-state index is 12.9. The Bertz CT molecular complexity index is 1490. The van der Waals surface area contributed by atoms with Crippen LogP contribution in [0, 0.1) is 5.92 Å². The third kappa shape index (κ3) is 7.76. The average Bonchev–Trinajstić information content (AvgIpc) is 3.07. The highest BCUT2D eigenvalue weighted by Gasteiger charge is 2.39. The topological polar surface area (TPSA) is 44.8 Å². The van der Waals surface area contributed by atoms with Crippen molar-refractivity contribution < 1.29 is 19.0 Å². The van der Waals surface area contributed by atoms with Gasteiger partial charge in [-0.3, -0.25) is 4.79 Å². The molecular weight excluding hydrogens is 544 g/mol. The molecule has 0 aliphatic heterocycles. The van der Waals surface area contributed by atoms with E-state index in [9.17, 15) is 4.79 Å². The molecule has 0 saturated carbocycles. The molecule has 0 heterocycles. The molecule has 0 radical (unpaired) electrons. The molecule has 0 fully saturated rings. The van der Waals surface area contributed by atoms with Gasteiger partial charge in [0, 0.05) is 16.7 Å². The molecule has 0 amide bonds. The number of hydrogen-bond acceptors (Lipinski definition) is 4. The van der Waals surface area contributed by atoms with Crippen molar-refractivity contribution in [3.05, 3.63) is 167 Å². The second kappa shape index (κ2) is 15.1. The highest BCUT2D eigenvalue weighted by Crippen LogP contribution is 2.41. The average molecular weight is 585 g/mol. The van der Waals surface area contributed by atoms with Crippen molar-refractivity contribution in [1.29, 1.82) is 0 Å². The van der Waals surface area contributed by atoms with Crippen molar-refractivity contribution >= 4 is 5.97 Å². The molecular formula is C40H40O4. The quantitative estimate of drug-likeness (QED) is 0.0964. The van der Waals surface area contributed by atoms with Gasteiger partial charge in [0.15, 0.2) is 5.60 Å². The van der Waals surface area contributed by atoms with Gasteiger partial charge in [0.2, 0.25) is 0 Å². The van der Waals surface area contributed by atoms with Crippen LogP contribution in [0.3, 0.4) is 0 Å². The summed E-state index contributed by atoms with van der Waals surface area (Å²) in [6, 6.07) is 46.2. The summed E-state index contributed by atoms with van der Waals surface area (Å²) in [5, 5.41) is 0. The minimum absolute atomic E-state index is 0.142. The van der Waals surface area contributed by atoms with Crippen LogP contribution in [-0.4, -0.2) is 12.6 Å². The monoisotopic (exact) mass is 584 g/mol. The minimum Gasteiger partial charge on any atom is -0.493 e. The summed E-state index contributed by atoms with van der Waals surface area (Å²) in [6.45, 7) is 5.30.